The van der Waals surface area contributed by atoms with E-state index in [0.717, 1.165) is 5.39 Å². The van der Waals surface area contributed by atoms with E-state index in [-0.39, 0.29) is 11.4 Å². The van der Waals surface area contributed by atoms with Gasteiger partial charge in [-0.2, -0.15) is 0 Å². The van der Waals surface area contributed by atoms with Crippen molar-refractivity contribution in [3.63, 3.8) is 0 Å². The number of hydrogen-bond acceptors (Lipinski definition) is 5. The number of pyridine rings is 1. The average molecular weight is 369 g/mol. The summed E-state index contributed by atoms with van der Waals surface area (Å²) in [5.41, 5.74) is 1.76. The van der Waals surface area contributed by atoms with Gasteiger partial charge < -0.3 is 4.42 Å². The topological polar surface area (TPSA) is 94.2 Å². The quantitative estimate of drug-likeness (QED) is 0.595. The first-order valence-corrected chi connectivity index (χ1v) is 9.35. The Kier molecular flexibility index (Phi) is 3.86. The first-order valence-electron chi connectivity index (χ1n) is 7.86. The highest BCUT2D eigenvalue weighted by Gasteiger charge is 2.17. The maximum absolute atomic E-state index is 12.7. The van der Waals surface area contributed by atoms with E-state index >= 15 is 0 Å². The van der Waals surface area contributed by atoms with Crippen molar-refractivity contribution >= 4 is 31.9 Å². The van der Waals surface area contributed by atoms with E-state index in [1.165, 1.54) is 10.8 Å². The molecule has 26 heavy (non-hydrogen) atoms. The summed E-state index contributed by atoms with van der Waals surface area (Å²) in [4.78, 5) is 15.7. The molecule has 0 fully saturated rings. The minimum atomic E-state index is -3.73. The van der Waals surface area contributed by atoms with Gasteiger partial charge in [0.25, 0.3) is 0 Å². The molecule has 7 nitrogen and oxygen atoms in total. The fourth-order valence-electron chi connectivity index (χ4n) is 2.86. The molecule has 0 spiro atoms. The van der Waals surface area contributed by atoms with Crippen LogP contribution in [-0.2, 0) is 23.6 Å². The number of rotatable bonds is 4. The highest BCUT2D eigenvalue weighted by atomic mass is 32.2. The SMILES string of the molecule is Cn1c(=O)oc2cc(CNS(=O)(=O)c3cccc4ccncc34)ccc21. The first-order chi connectivity index (χ1) is 12.5. The molecule has 0 radical (unpaired) electrons. The molecule has 2 heterocycles. The molecule has 0 aliphatic rings. The van der Waals surface area contributed by atoms with Crippen molar-refractivity contribution in [1.82, 2.24) is 14.3 Å². The number of aromatic nitrogens is 2. The van der Waals surface area contributed by atoms with Crippen LogP contribution in [0.25, 0.3) is 21.9 Å². The summed E-state index contributed by atoms with van der Waals surface area (Å²) < 4.78 is 34.6. The van der Waals surface area contributed by atoms with Crippen molar-refractivity contribution in [3.05, 3.63) is 71.0 Å². The van der Waals surface area contributed by atoms with Gasteiger partial charge in [0.1, 0.15) is 0 Å². The third-order valence-electron chi connectivity index (χ3n) is 4.26. The summed E-state index contributed by atoms with van der Waals surface area (Å²) >= 11 is 0. The number of aryl methyl sites for hydroxylation is 1. The smallest absolute Gasteiger partial charge is 0.408 e. The average Bonchev–Trinajstić information content (AvgIpc) is 2.93. The summed E-state index contributed by atoms with van der Waals surface area (Å²) in [6.45, 7) is 0.0769. The van der Waals surface area contributed by atoms with Crippen molar-refractivity contribution in [1.29, 1.82) is 0 Å². The van der Waals surface area contributed by atoms with Crippen LogP contribution in [0.2, 0.25) is 0 Å². The summed E-state index contributed by atoms with van der Waals surface area (Å²) in [6.07, 6.45) is 3.16. The van der Waals surface area contributed by atoms with Gasteiger partial charge >= 0.3 is 5.76 Å². The Morgan fingerprint density at radius 3 is 2.88 bits per heavy atom. The Labute approximate surface area is 148 Å². The third kappa shape index (κ3) is 2.79. The van der Waals surface area contributed by atoms with Crippen LogP contribution in [0.4, 0.5) is 0 Å². The number of fused-ring (bicyclic) bond motifs is 2. The minimum absolute atomic E-state index is 0.0769. The molecule has 4 rings (SSSR count). The lowest BCUT2D eigenvalue weighted by Crippen LogP contribution is -2.23. The van der Waals surface area contributed by atoms with Crippen LogP contribution < -0.4 is 10.5 Å². The molecule has 0 amide bonds. The summed E-state index contributed by atoms with van der Waals surface area (Å²) in [5, 5.41) is 1.36. The lowest BCUT2D eigenvalue weighted by atomic mass is 10.2. The standard InChI is InChI=1S/C18H15N3O4S/c1-21-15-6-5-12(9-16(15)25-18(21)22)10-20-26(23,24)17-4-2-3-13-7-8-19-11-14(13)17/h2-9,11,20H,10H2,1H3. The molecule has 0 aliphatic carbocycles. The van der Waals surface area contributed by atoms with E-state index in [1.807, 2.05) is 6.07 Å². The van der Waals surface area contributed by atoms with Gasteiger partial charge in [-0.25, -0.2) is 17.9 Å². The largest absolute Gasteiger partial charge is 0.419 e. The number of oxazole rings is 1. The van der Waals surface area contributed by atoms with Crippen molar-refractivity contribution in [3.8, 4) is 0 Å². The van der Waals surface area contributed by atoms with Crippen molar-refractivity contribution in [2.24, 2.45) is 7.05 Å². The highest BCUT2D eigenvalue weighted by molar-refractivity contribution is 7.89. The molecule has 4 aromatic rings. The van der Waals surface area contributed by atoms with Gasteiger partial charge in [0, 0.05) is 31.4 Å². The van der Waals surface area contributed by atoms with E-state index in [9.17, 15) is 13.2 Å². The van der Waals surface area contributed by atoms with Gasteiger partial charge in [0.2, 0.25) is 10.0 Å². The van der Waals surface area contributed by atoms with Gasteiger partial charge in [-0.15, -0.1) is 0 Å². The fraction of sp³-hybridized carbons (Fsp3) is 0.111. The molecule has 132 valence electrons. The van der Waals surface area contributed by atoms with Crippen molar-refractivity contribution in [2.45, 2.75) is 11.4 Å². The predicted octanol–water partition coefficient (Wildman–Crippen LogP) is 2.16. The van der Waals surface area contributed by atoms with Crippen LogP contribution in [0, 0.1) is 0 Å². The molecule has 0 unspecified atom stereocenters. The van der Waals surface area contributed by atoms with Crippen LogP contribution in [0.5, 0.6) is 0 Å². The Morgan fingerprint density at radius 2 is 2.04 bits per heavy atom. The Hall–Kier alpha value is -2.97. The van der Waals surface area contributed by atoms with Gasteiger partial charge in [-0.1, -0.05) is 18.2 Å². The molecule has 0 bridgehead atoms. The predicted molar refractivity (Wildman–Crippen MR) is 97.2 cm³/mol. The lowest BCUT2D eigenvalue weighted by molar-refractivity contribution is 0.527. The Balaban J connectivity index is 1.65. The van der Waals surface area contributed by atoms with Gasteiger partial charge in [-0.3, -0.25) is 9.55 Å². The second-order valence-corrected chi connectivity index (χ2v) is 7.64. The molecule has 0 aliphatic heterocycles. The fourth-order valence-corrected chi connectivity index (χ4v) is 4.09. The van der Waals surface area contributed by atoms with Crippen LogP contribution in [0.1, 0.15) is 5.56 Å². The zero-order valence-electron chi connectivity index (χ0n) is 13.8. The van der Waals surface area contributed by atoms with Crippen LogP contribution in [-0.4, -0.2) is 18.0 Å². The van der Waals surface area contributed by atoms with Crippen LogP contribution in [0.3, 0.4) is 0 Å². The van der Waals surface area contributed by atoms with Crippen LogP contribution in [0.15, 0.2) is 69.0 Å². The number of nitrogens with zero attached hydrogens (tertiary/aromatic N) is 2. The van der Waals surface area contributed by atoms with E-state index in [2.05, 4.69) is 9.71 Å². The molecule has 0 atom stereocenters. The van der Waals surface area contributed by atoms with Gasteiger partial charge in [0.05, 0.1) is 10.4 Å². The van der Waals surface area contributed by atoms with E-state index < -0.39 is 15.8 Å². The molecule has 1 N–H and O–H groups in total. The van der Waals surface area contributed by atoms with Gasteiger partial charge in [-0.05, 0) is 35.2 Å². The molecule has 0 saturated carbocycles. The number of nitrogens with one attached hydrogen (secondary N) is 1. The molecule has 0 saturated heterocycles. The minimum Gasteiger partial charge on any atom is -0.408 e. The Morgan fingerprint density at radius 1 is 1.19 bits per heavy atom. The first kappa shape index (κ1) is 16.5. The molecule has 8 heteroatoms. The van der Waals surface area contributed by atoms with E-state index in [0.29, 0.717) is 22.0 Å². The van der Waals surface area contributed by atoms with E-state index in [1.54, 1.807) is 49.6 Å². The second-order valence-electron chi connectivity index (χ2n) is 5.91. The molecule has 2 aromatic heterocycles. The number of sulfonamides is 1. The Bertz CT molecular complexity index is 1280. The zero-order chi connectivity index (χ0) is 18.3. The maximum atomic E-state index is 12.7. The second kappa shape index (κ2) is 6.08. The summed E-state index contributed by atoms with van der Waals surface area (Å²) in [7, 11) is -2.11. The maximum Gasteiger partial charge on any atom is 0.419 e. The summed E-state index contributed by atoms with van der Waals surface area (Å²) in [6, 6.07) is 12.0. The third-order valence-corrected chi connectivity index (χ3v) is 5.72. The molecular weight excluding hydrogens is 354 g/mol. The van der Waals surface area contributed by atoms with Gasteiger partial charge in [0.15, 0.2) is 5.58 Å². The molecular formula is C18H15N3O4S. The van der Waals surface area contributed by atoms with Crippen LogP contribution >= 0.6 is 0 Å². The lowest BCUT2D eigenvalue weighted by Gasteiger charge is -2.09. The molecule has 2 aromatic carbocycles. The van der Waals surface area contributed by atoms with E-state index in [4.69, 9.17) is 4.42 Å². The number of hydrogen-bond donors (Lipinski definition) is 1. The number of benzene rings is 2. The zero-order valence-corrected chi connectivity index (χ0v) is 14.7. The van der Waals surface area contributed by atoms with Crippen molar-refractivity contribution in [2.75, 3.05) is 0 Å². The van der Waals surface area contributed by atoms with Crippen molar-refractivity contribution < 1.29 is 12.8 Å². The monoisotopic (exact) mass is 369 g/mol. The summed E-state index contributed by atoms with van der Waals surface area (Å²) in [5.74, 6) is -0.457. The highest BCUT2D eigenvalue weighted by Crippen LogP contribution is 2.22. The normalized spacial score (nSPS) is 12.0.